The molecule has 2 N–H and O–H groups in total. The minimum absolute atomic E-state index is 0.247. The van der Waals surface area contributed by atoms with E-state index >= 15 is 0 Å². The fourth-order valence-corrected chi connectivity index (χ4v) is 2.21. The first-order valence-electron chi connectivity index (χ1n) is 7.12. The highest BCUT2D eigenvalue weighted by Crippen LogP contribution is 2.23. The molecule has 0 spiro atoms. The van der Waals surface area contributed by atoms with Crippen LogP contribution < -0.4 is 15.4 Å². The summed E-state index contributed by atoms with van der Waals surface area (Å²) >= 11 is 5.28. The molecular formula is C17H19FN2OS. The van der Waals surface area contributed by atoms with E-state index < -0.39 is 0 Å². The molecule has 2 aromatic rings. The van der Waals surface area contributed by atoms with Crippen molar-refractivity contribution < 1.29 is 9.13 Å². The standard InChI is InChI=1S/C17H19FN2OS/c1-3-21-16-7-5-4-6-15(16)20-17(22)19-11-13-10-14(18)9-8-12(13)2/h4-10H,3,11H2,1-2H3,(H2,19,20,22). The number of halogens is 1. The molecule has 0 heterocycles. The smallest absolute Gasteiger partial charge is 0.171 e. The van der Waals surface area contributed by atoms with Gasteiger partial charge in [-0.05, 0) is 61.5 Å². The summed E-state index contributed by atoms with van der Waals surface area (Å²) in [7, 11) is 0. The molecule has 2 aromatic carbocycles. The number of thiocarbonyl (C=S) groups is 1. The van der Waals surface area contributed by atoms with Crippen LogP contribution in [-0.4, -0.2) is 11.7 Å². The summed E-state index contributed by atoms with van der Waals surface area (Å²) in [6.45, 7) is 4.92. The van der Waals surface area contributed by atoms with Crippen LogP contribution in [0.3, 0.4) is 0 Å². The maximum absolute atomic E-state index is 13.3. The first-order valence-corrected chi connectivity index (χ1v) is 7.52. The molecule has 0 saturated heterocycles. The number of aryl methyl sites for hydroxylation is 1. The van der Waals surface area contributed by atoms with Gasteiger partial charge in [0.1, 0.15) is 11.6 Å². The molecule has 0 saturated carbocycles. The van der Waals surface area contributed by atoms with Crippen LogP contribution in [0.25, 0.3) is 0 Å². The van der Waals surface area contributed by atoms with Crippen LogP contribution in [0, 0.1) is 12.7 Å². The SMILES string of the molecule is CCOc1ccccc1NC(=S)NCc1cc(F)ccc1C. The van der Waals surface area contributed by atoms with Gasteiger partial charge in [0.05, 0.1) is 12.3 Å². The van der Waals surface area contributed by atoms with E-state index in [-0.39, 0.29) is 5.82 Å². The number of para-hydroxylation sites is 2. The van der Waals surface area contributed by atoms with Crippen molar-refractivity contribution in [3.05, 3.63) is 59.4 Å². The molecule has 3 nitrogen and oxygen atoms in total. The second-order valence-corrected chi connectivity index (χ2v) is 5.22. The number of anilines is 1. The molecular weight excluding hydrogens is 299 g/mol. The van der Waals surface area contributed by atoms with Gasteiger partial charge >= 0.3 is 0 Å². The first-order chi connectivity index (χ1) is 10.6. The molecule has 0 unspecified atom stereocenters. The fourth-order valence-electron chi connectivity index (χ4n) is 2.02. The van der Waals surface area contributed by atoms with Gasteiger partial charge in [-0.3, -0.25) is 0 Å². The maximum Gasteiger partial charge on any atom is 0.171 e. The normalized spacial score (nSPS) is 10.1. The Bertz CT molecular complexity index is 661. The molecule has 22 heavy (non-hydrogen) atoms. The van der Waals surface area contributed by atoms with E-state index in [0.717, 1.165) is 22.6 Å². The molecule has 0 aromatic heterocycles. The number of ether oxygens (including phenoxy) is 1. The quantitative estimate of drug-likeness (QED) is 0.816. The summed E-state index contributed by atoms with van der Waals surface area (Å²) in [4.78, 5) is 0. The predicted molar refractivity (Wildman–Crippen MR) is 91.8 cm³/mol. The van der Waals surface area contributed by atoms with Crippen molar-refractivity contribution in [3.8, 4) is 5.75 Å². The average molecular weight is 318 g/mol. The van der Waals surface area contributed by atoms with E-state index in [9.17, 15) is 4.39 Å². The number of hydrogen-bond donors (Lipinski definition) is 2. The zero-order valence-electron chi connectivity index (χ0n) is 12.7. The monoisotopic (exact) mass is 318 g/mol. The Morgan fingerprint density at radius 3 is 2.77 bits per heavy atom. The Labute approximate surface area is 135 Å². The molecule has 0 amide bonds. The third-order valence-electron chi connectivity index (χ3n) is 3.19. The number of hydrogen-bond acceptors (Lipinski definition) is 2. The van der Waals surface area contributed by atoms with Crippen LogP contribution in [0.5, 0.6) is 5.75 Å². The van der Waals surface area contributed by atoms with Crippen LogP contribution in [0.4, 0.5) is 10.1 Å². The van der Waals surface area contributed by atoms with Gasteiger partial charge in [0.15, 0.2) is 5.11 Å². The van der Waals surface area contributed by atoms with Crippen LogP contribution in [-0.2, 0) is 6.54 Å². The Hall–Kier alpha value is -2.14. The molecule has 2 rings (SSSR count). The number of benzene rings is 2. The van der Waals surface area contributed by atoms with Crippen molar-refractivity contribution in [3.63, 3.8) is 0 Å². The van der Waals surface area contributed by atoms with Crippen molar-refractivity contribution in [2.24, 2.45) is 0 Å². The van der Waals surface area contributed by atoms with Crippen LogP contribution >= 0.6 is 12.2 Å². The van der Waals surface area contributed by atoms with Gasteiger partial charge < -0.3 is 15.4 Å². The molecule has 0 radical (unpaired) electrons. The number of nitrogens with one attached hydrogen (secondary N) is 2. The van der Waals surface area contributed by atoms with Crippen LogP contribution in [0.2, 0.25) is 0 Å². The van der Waals surface area contributed by atoms with Crippen molar-refractivity contribution in [2.45, 2.75) is 20.4 Å². The second-order valence-electron chi connectivity index (χ2n) is 4.81. The molecule has 0 aliphatic rings. The van der Waals surface area contributed by atoms with Gasteiger partial charge in [-0.1, -0.05) is 18.2 Å². The summed E-state index contributed by atoms with van der Waals surface area (Å²) in [5.74, 6) is 0.499. The van der Waals surface area contributed by atoms with Crippen molar-refractivity contribution in [1.82, 2.24) is 5.32 Å². The lowest BCUT2D eigenvalue weighted by Crippen LogP contribution is -2.28. The summed E-state index contributed by atoms with van der Waals surface area (Å²) in [6, 6.07) is 12.3. The van der Waals surface area contributed by atoms with Gasteiger partial charge in [-0.25, -0.2) is 4.39 Å². The summed E-state index contributed by atoms with van der Waals surface area (Å²) in [5, 5.41) is 6.65. The maximum atomic E-state index is 13.3. The lowest BCUT2D eigenvalue weighted by atomic mass is 10.1. The molecule has 0 atom stereocenters. The third-order valence-corrected chi connectivity index (χ3v) is 3.43. The first kappa shape index (κ1) is 16.2. The summed E-state index contributed by atoms with van der Waals surface area (Å²) < 4.78 is 18.8. The van der Waals surface area contributed by atoms with Crippen molar-refractivity contribution in [2.75, 3.05) is 11.9 Å². The van der Waals surface area contributed by atoms with Gasteiger partial charge in [0.25, 0.3) is 0 Å². The molecule has 5 heteroatoms. The van der Waals surface area contributed by atoms with Gasteiger partial charge in [-0.2, -0.15) is 0 Å². The van der Waals surface area contributed by atoms with Crippen molar-refractivity contribution in [1.29, 1.82) is 0 Å². The predicted octanol–water partition coefficient (Wildman–Crippen LogP) is 4.02. The van der Waals surface area contributed by atoms with E-state index in [1.807, 2.05) is 38.1 Å². The largest absolute Gasteiger partial charge is 0.492 e. The van der Waals surface area contributed by atoms with Crippen molar-refractivity contribution >= 4 is 23.0 Å². The van der Waals surface area contributed by atoms with Crippen LogP contribution in [0.15, 0.2) is 42.5 Å². The van der Waals surface area contributed by atoms with E-state index in [1.54, 1.807) is 6.07 Å². The highest BCUT2D eigenvalue weighted by molar-refractivity contribution is 7.80. The highest BCUT2D eigenvalue weighted by atomic mass is 32.1. The van der Waals surface area contributed by atoms with Crippen LogP contribution in [0.1, 0.15) is 18.1 Å². The Balaban J connectivity index is 1.97. The molecule has 0 aliphatic carbocycles. The minimum Gasteiger partial charge on any atom is -0.492 e. The lowest BCUT2D eigenvalue weighted by Gasteiger charge is -2.14. The topological polar surface area (TPSA) is 33.3 Å². The lowest BCUT2D eigenvalue weighted by molar-refractivity contribution is 0.342. The Morgan fingerprint density at radius 1 is 1.23 bits per heavy atom. The third kappa shape index (κ3) is 4.43. The zero-order chi connectivity index (χ0) is 15.9. The van der Waals surface area contributed by atoms with E-state index in [4.69, 9.17) is 17.0 Å². The molecule has 0 bridgehead atoms. The van der Waals surface area contributed by atoms with E-state index in [2.05, 4.69) is 10.6 Å². The minimum atomic E-state index is -0.247. The molecule has 0 aliphatic heterocycles. The van der Waals surface area contributed by atoms with Gasteiger partial charge in [0, 0.05) is 6.54 Å². The van der Waals surface area contributed by atoms with Gasteiger partial charge in [-0.15, -0.1) is 0 Å². The molecule has 116 valence electrons. The summed E-state index contributed by atoms with van der Waals surface area (Å²) in [6.07, 6.45) is 0. The van der Waals surface area contributed by atoms with E-state index in [0.29, 0.717) is 18.3 Å². The average Bonchev–Trinajstić information content (AvgIpc) is 2.50. The molecule has 0 fully saturated rings. The fraction of sp³-hybridized carbons (Fsp3) is 0.235. The Kier molecular flexibility index (Phi) is 5.72. The summed E-state index contributed by atoms with van der Waals surface area (Å²) in [5.41, 5.74) is 2.70. The van der Waals surface area contributed by atoms with Gasteiger partial charge in [0.2, 0.25) is 0 Å². The Morgan fingerprint density at radius 2 is 2.00 bits per heavy atom. The second kappa shape index (κ2) is 7.75. The number of rotatable bonds is 5. The zero-order valence-corrected chi connectivity index (χ0v) is 13.5. The highest BCUT2D eigenvalue weighted by Gasteiger charge is 2.05. The van der Waals surface area contributed by atoms with E-state index in [1.165, 1.54) is 12.1 Å².